The van der Waals surface area contributed by atoms with Crippen LogP contribution in [0.3, 0.4) is 0 Å². The molecule has 2 rings (SSSR count). The van der Waals surface area contributed by atoms with Gasteiger partial charge in [-0.05, 0) is 23.1 Å². The number of halogens is 2. The van der Waals surface area contributed by atoms with Crippen LogP contribution in [0.25, 0.3) is 0 Å². The van der Waals surface area contributed by atoms with Gasteiger partial charge in [0.2, 0.25) is 0 Å². The molecule has 0 fully saturated rings. The number of alkyl halides is 1. The molecule has 0 bridgehead atoms. The van der Waals surface area contributed by atoms with Crippen molar-refractivity contribution in [3.63, 3.8) is 0 Å². The van der Waals surface area contributed by atoms with E-state index < -0.39 is 5.38 Å². The third-order valence-electron chi connectivity index (χ3n) is 3.38. The van der Waals surface area contributed by atoms with Gasteiger partial charge in [0.25, 0.3) is 0 Å². The molecule has 0 N–H and O–H groups in total. The van der Waals surface area contributed by atoms with E-state index in [0.717, 1.165) is 5.56 Å². The molecule has 106 valence electrons. The largest absolute Gasteiger partial charge is 0.497 e. The van der Waals surface area contributed by atoms with Gasteiger partial charge in [-0.2, -0.15) is 0 Å². The van der Waals surface area contributed by atoms with E-state index in [-0.39, 0.29) is 5.82 Å². The van der Waals surface area contributed by atoms with E-state index in [1.54, 1.807) is 12.1 Å². The zero-order chi connectivity index (χ0) is 14.7. The highest BCUT2D eigenvalue weighted by atomic mass is 35.5. The molecular weight excluding hydrogens is 275 g/mol. The maximum absolute atomic E-state index is 14.0. The molecule has 0 radical (unpaired) electrons. The van der Waals surface area contributed by atoms with Crippen LogP contribution in [0.2, 0.25) is 0 Å². The van der Waals surface area contributed by atoms with Gasteiger partial charge in [-0.1, -0.05) is 44.2 Å². The molecular formula is C17H18ClFO. The van der Waals surface area contributed by atoms with Crippen molar-refractivity contribution in [1.82, 2.24) is 0 Å². The maximum atomic E-state index is 14.0. The van der Waals surface area contributed by atoms with Gasteiger partial charge in [0, 0.05) is 11.6 Å². The Bertz CT molecular complexity index is 578. The molecule has 0 spiro atoms. The third kappa shape index (κ3) is 3.13. The van der Waals surface area contributed by atoms with Crippen LogP contribution in [0.5, 0.6) is 5.75 Å². The molecule has 2 aromatic carbocycles. The van der Waals surface area contributed by atoms with Gasteiger partial charge in [-0.3, -0.25) is 0 Å². The molecule has 0 saturated heterocycles. The SMILES string of the molecule is COc1ccc(C(Cl)c2ccc(C(C)C)cc2)c(F)c1. The number of ether oxygens (including phenoxy) is 1. The number of hydrogen-bond donors (Lipinski definition) is 0. The molecule has 0 saturated carbocycles. The fourth-order valence-corrected chi connectivity index (χ4v) is 2.39. The van der Waals surface area contributed by atoms with Crippen molar-refractivity contribution in [2.24, 2.45) is 0 Å². The third-order valence-corrected chi connectivity index (χ3v) is 3.86. The minimum absolute atomic E-state index is 0.350. The van der Waals surface area contributed by atoms with Crippen molar-refractivity contribution in [3.05, 3.63) is 65.0 Å². The monoisotopic (exact) mass is 292 g/mol. The number of rotatable bonds is 4. The smallest absolute Gasteiger partial charge is 0.131 e. The Morgan fingerprint density at radius 2 is 1.60 bits per heavy atom. The lowest BCUT2D eigenvalue weighted by Crippen LogP contribution is -1.98. The van der Waals surface area contributed by atoms with Crippen LogP contribution in [-0.2, 0) is 0 Å². The zero-order valence-corrected chi connectivity index (χ0v) is 12.6. The summed E-state index contributed by atoms with van der Waals surface area (Å²) in [5, 5.41) is -0.498. The summed E-state index contributed by atoms with van der Waals surface area (Å²) in [6, 6.07) is 12.7. The van der Waals surface area contributed by atoms with E-state index in [4.69, 9.17) is 16.3 Å². The van der Waals surface area contributed by atoms with Crippen LogP contribution in [0.4, 0.5) is 4.39 Å². The summed E-state index contributed by atoms with van der Waals surface area (Å²) in [6.45, 7) is 4.27. The predicted octanol–water partition coefficient (Wildman–Crippen LogP) is 5.29. The maximum Gasteiger partial charge on any atom is 0.131 e. The molecule has 2 aromatic rings. The second-order valence-electron chi connectivity index (χ2n) is 5.07. The standard InChI is InChI=1S/C17H18ClFO/c1-11(2)12-4-6-13(7-5-12)17(18)15-9-8-14(20-3)10-16(15)19/h4-11,17H,1-3H3. The van der Waals surface area contributed by atoms with Crippen LogP contribution in [0.15, 0.2) is 42.5 Å². The summed E-state index contributed by atoms with van der Waals surface area (Å²) in [5.74, 6) is 0.609. The molecule has 1 nitrogen and oxygen atoms in total. The first-order chi connectivity index (χ1) is 9.52. The molecule has 20 heavy (non-hydrogen) atoms. The second kappa shape index (κ2) is 6.27. The first-order valence-corrected chi connectivity index (χ1v) is 7.04. The van der Waals surface area contributed by atoms with Crippen molar-refractivity contribution < 1.29 is 9.13 Å². The highest BCUT2D eigenvalue weighted by Gasteiger charge is 2.16. The Labute approximate surface area is 124 Å². The molecule has 0 amide bonds. The first-order valence-electron chi connectivity index (χ1n) is 6.60. The highest BCUT2D eigenvalue weighted by molar-refractivity contribution is 6.22. The average Bonchev–Trinajstić information content (AvgIpc) is 2.46. The molecule has 0 aromatic heterocycles. The normalized spacial score (nSPS) is 12.5. The van der Waals surface area contributed by atoms with Gasteiger partial charge >= 0.3 is 0 Å². The van der Waals surface area contributed by atoms with Crippen LogP contribution in [-0.4, -0.2) is 7.11 Å². The Hall–Kier alpha value is -1.54. The van der Waals surface area contributed by atoms with Crippen molar-refractivity contribution in [3.8, 4) is 5.75 Å². The van der Waals surface area contributed by atoms with Gasteiger partial charge in [0.15, 0.2) is 0 Å². The minimum Gasteiger partial charge on any atom is -0.497 e. The number of hydrogen-bond acceptors (Lipinski definition) is 1. The van der Waals surface area contributed by atoms with E-state index in [0.29, 0.717) is 17.2 Å². The Morgan fingerprint density at radius 1 is 1.00 bits per heavy atom. The van der Waals surface area contributed by atoms with Crippen molar-refractivity contribution >= 4 is 11.6 Å². The van der Waals surface area contributed by atoms with E-state index in [1.165, 1.54) is 18.7 Å². The molecule has 0 heterocycles. The van der Waals surface area contributed by atoms with E-state index in [9.17, 15) is 4.39 Å². The summed E-state index contributed by atoms with van der Waals surface area (Å²) in [5.41, 5.74) is 2.60. The van der Waals surface area contributed by atoms with Gasteiger partial charge in [0.1, 0.15) is 11.6 Å². The second-order valence-corrected chi connectivity index (χ2v) is 5.51. The van der Waals surface area contributed by atoms with Crippen molar-refractivity contribution in [1.29, 1.82) is 0 Å². The van der Waals surface area contributed by atoms with Crippen LogP contribution >= 0.6 is 11.6 Å². The molecule has 1 unspecified atom stereocenters. The highest BCUT2D eigenvalue weighted by Crippen LogP contribution is 2.32. The fraction of sp³-hybridized carbons (Fsp3) is 0.294. The zero-order valence-electron chi connectivity index (χ0n) is 11.9. The lowest BCUT2D eigenvalue weighted by Gasteiger charge is -2.13. The Morgan fingerprint density at radius 3 is 2.10 bits per heavy atom. The van der Waals surface area contributed by atoms with Gasteiger partial charge in [-0.25, -0.2) is 4.39 Å². The molecule has 0 aliphatic heterocycles. The van der Waals surface area contributed by atoms with E-state index in [1.807, 2.05) is 24.3 Å². The fourth-order valence-electron chi connectivity index (χ4n) is 2.07. The number of methoxy groups -OCH3 is 1. The summed E-state index contributed by atoms with van der Waals surface area (Å²) < 4.78 is 19.0. The van der Waals surface area contributed by atoms with E-state index in [2.05, 4.69) is 13.8 Å². The molecule has 0 aliphatic carbocycles. The summed E-state index contributed by atoms with van der Waals surface area (Å²) in [7, 11) is 1.51. The molecule has 3 heteroatoms. The quantitative estimate of drug-likeness (QED) is 0.696. The van der Waals surface area contributed by atoms with Gasteiger partial charge in [-0.15, -0.1) is 11.6 Å². The van der Waals surface area contributed by atoms with Crippen LogP contribution in [0, 0.1) is 5.82 Å². The number of benzene rings is 2. The topological polar surface area (TPSA) is 9.23 Å². The Balaban J connectivity index is 2.28. The lowest BCUT2D eigenvalue weighted by molar-refractivity contribution is 0.410. The first kappa shape index (κ1) is 14.9. The average molecular weight is 293 g/mol. The van der Waals surface area contributed by atoms with Crippen molar-refractivity contribution in [2.45, 2.75) is 25.1 Å². The Kier molecular flexibility index (Phi) is 4.66. The van der Waals surface area contributed by atoms with Gasteiger partial charge in [0.05, 0.1) is 12.5 Å². The van der Waals surface area contributed by atoms with Gasteiger partial charge < -0.3 is 4.74 Å². The van der Waals surface area contributed by atoms with Crippen molar-refractivity contribution in [2.75, 3.05) is 7.11 Å². The summed E-state index contributed by atoms with van der Waals surface area (Å²) in [6.07, 6.45) is 0. The minimum atomic E-state index is -0.498. The van der Waals surface area contributed by atoms with Crippen LogP contribution in [0.1, 0.15) is 41.8 Å². The van der Waals surface area contributed by atoms with Crippen LogP contribution < -0.4 is 4.74 Å². The summed E-state index contributed by atoms with van der Waals surface area (Å²) in [4.78, 5) is 0. The predicted molar refractivity (Wildman–Crippen MR) is 81.2 cm³/mol. The van der Waals surface area contributed by atoms with E-state index >= 15 is 0 Å². The molecule has 0 aliphatic rings. The molecule has 1 atom stereocenters. The lowest BCUT2D eigenvalue weighted by atomic mass is 9.98. The summed E-state index contributed by atoms with van der Waals surface area (Å²) >= 11 is 6.38.